The van der Waals surface area contributed by atoms with E-state index in [1.54, 1.807) is 11.3 Å². The lowest BCUT2D eigenvalue weighted by Gasteiger charge is -2.20. The van der Waals surface area contributed by atoms with Gasteiger partial charge in [-0.15, -0.1) is 21.5 Å². The molecule has 2 aromatic rings. The van der Waals surface area contributed by atoms with Gasteiger partial charge in [0.25, 0.3) is 0 Å². The Balaban J connectivity index is 1.78. The number of carbonyl (C=O) groups is 1. The lowest BCUT2D eigenvalue weighted by atomic mass is 9.87. The number of amides is 1. The van der Waals surface area contributed by atoms with Crippen molar-refractivity contribution in [3.8, 4) is 0 Å². The molecular weight excluding hydrogens is 268 g/mol. The molecule has 1 unspecified atom stereocenters. The lowest BCUT2D eigenvalue weighted by Crippen LogP contribution is -2.23. The molecule has 1 atom stereocenters. The Kier molecular flexibility index (Phi) is 3.00. The molecule has 0 spiro atoms. The van der Waals surface area contributed by atoms with Gasteiger partial charge in [-0.1, -0.05) is 11.3 Å². The third kappa shape index (κ3) is 2.11. The van der Waals surface area contributed by atoms with E-state index in [-0.39, 0.29) is 11.8 Å². The Morgan fingerprint density at radius 2 is 2.39 bits per heavy atom. The molecular formula is C11H12N4OS2. The number of hydrogen-bond acceptors (Lipinski definition) is 6. The van der Waals surface area contributed by atoms with Gasteiger partial charge in [0.2, 0.25) is 16.2 Å². The molecule has 3 rings (SSSR count). The fourth-order valence-electron chi connectivity index (χ4n) is 2.24. The van der Waals surface area contributed by atoms with E-state index in [9.17, 15) is 4.79 Å². The van der Waals surface area contributed by atoms with Crippen LogP contribution < -0.4 is 11.1 Å². The van der Waals surface area contributed by atoms with Crippen molar-refractivity contribution in [2.75, 3.05) is 11.1 Å². The molecule has 18 heavy (non-hydrogen) atoms. The number of carbonyl (C=O) groups excluding carboxylic acids is 1. The van der Waals surface area contributed by atoms with Gasteiger partial charge in [-0.05, 0) is 36.3 Å². The minimum atomic E-state index is -0.0647. The second-order valence-electron chi connectivity index (χ2n) is 4.18. The third-order valence-electron chi connectivity index (χ3n) is 3.04. The molecule has 3 N–H and O–H groups in total. The van der Waals surface area contributed by atoms with E-state index >= 15 is 0 Å². The highest BCUT2D eigenvalue weighted by atomic mass is 32.1. The first-order valence-corrected chi connectivity index (χ1v) is 7.40. The van der Waals surface area contributed by atoms with Crippen molar-refractivity contribution in [1.82, 2.24) is 10.2 Å². The van der Waals surface area contributed by atoms with Crippen LogP contribution in [0, 0.1) is 0 Å². The van der Waals surface area contributed by atoms with Crippen LogP contribution in [0.5, 0.6) is 0 Å². The summed E-state index contributed by atoms with van der Waals surface area (Å²) in [6.07, 6.45) is 3.04. The van der Waals surface area contributed by atoms with Crippen LogP contribution in [0.4, 0.5) is 10.3 Å². The van der Waals surface area contributed by atoms with Gasteiger partial charge in [0.05, 0.1) is 5.92 Å². The summed E-state index contributed by atoms with van der Waals surface area (Å²) in [6.45, 7) is 0. The second kappa shape index (κ2) is 4.66. The number of hydrogen-bond donors (Lipinski definition) is 2. The van der Waals surface area contributed by atoms with Crippen molar-refractivity contribution < 1.29 is 4.79 Å². The SMILES string of the molecule is Nc1nnc(NC(=O)C2CCCc3sccc32)s1. The van der Waals surface area contributed by atoms with E-state index in [0.717, 1.165) is 19.3 Å². The Hall–Kier alpha value is -1.47. The maximum absolute atomic E-state index is 12.2. The summed E-state index contributed by atoms with van der Waals surface area (Å²) >= 11 is 2.92. The average molecular weight is 280 g/mol. The van der Waals surface area contributed by atoms with Gasteiger partial charge in [-0.25, -0.2) is 0 Å². The topological polar surface area (TPSA) is 80.9 Å². The van der Waals surface area contributed by atoms with Gasteiger partial charge in [0.1, 0.15) is 0 Å². The Bertz CT molecular complexity index is 577. The highest BCUT2D eigenvalue weighted by molar-refractivity contribution is 7.19. The number of fused-ring (bicyclic) bond motifs is 1. The second-order valence-corrected chi connectivity index (χ2v) is 6.19. The molecule has 0 fully saturated rings. The molecule has 0 saturated carbocycles. The van der Waals surface area contributed by atoms with E-state index in [1.165, 1.54) is 21.8 Å². The predicted octanol–water partition coefficient (Wildman–Crippen LogP) is 2.24. The Morgan fingerprint density at radius 1 is 1.50 bits per heavy atom. The van der Waals surface area contributed by atoms with Crippen LogP contribution in [0.15, 0.2) is 11.4 Å². The van der Waals surface area contributed by atoms with Crippen molar-refractivity contribution in [3.05, 3.63) is 21.9 Å². The van der Waals surface area contributed by atoms with Gasteiger partial charge in [-0.3, -0.25) is 10.1 Å². The smallest absolute Gasteiger partial charge is 0.233 e. The van der Waals surface area contributed by atoms with E-state index in [1.807, 2.05) is 0 Å². The Labute approximate surface area is 112 Å². The Morgan fingerprint density at radius 3 is 3.17 bits per heavy atom. The highest BCUT2D eigenvalue weighted by Crippen LogP contribution is 2.35. The first-order valence-electron chi connectivity index (χ1n) is 5.70. The highest BCUT2D eigenvalue weighted by Gasteiger charge is 2.27. The zero-order valence-electron chi connectivity index (χ0n) is 9.55. The fourth-order valence-corrected chi connectivity index (χ4v) is 3.74. The fraction of sp³-hybridized carbons (Fsp3) is 0.364. The van der Waals surface area contributed by atoms with Crippen molar-refractivity contribution in [2.45, 2.75) is 25.2 Å². The van der Waals surface area contributed by atoms with Gasteiger partial charge in [-0.2, -0.15) is 0 Å². The van der Waals surface area contributed by atoms with Crippen molar-refractivity contribution >= 4 is 38.8 Å². The average Bonchev–Trinajstić information content (AvgIpc) is 2.97. The molecule has 0 bridgehead atoms. The summed E-state index contributed by atoms with van der Waals surface area (Å²) < 4.78 is 0. The molecule has 1 aliphatic rings. The predicted molar refractivity (Wildman–Crippen MR) is 72.9 cm³/mol. The van der Waals surface area contributed by atoms with Crippen LogP contribution in [0.1, 0.15) is 29.2 Å². The minimum absolute atomic E-state index is 0.00880. The summed E-state index contributed by atoms with van der Waals surface area (Å²) in [7, 11) is 0. The molecule has 0 saturated heterocycles. The van der Waals surface area contributed by atoms with Crippen molar-refractivity contribution in [1.29, 1.82) is 0 Å². The zero-order valence-corrected chi connectivity index (χ0v) is 11.2. The number of nitrogens with one attached hydrogen (secondary N) is 1. The minimum Gasteiger partial charge on any atom is -0.374 e. The maximum atomic E-state index is 12.2. The molecule has 2 heterocycles. The largest absolute Gasteiger partial charge is 0.374 e. The van der Waals surface area contributed by atoms with E-state index in [0.29, 0.717) is 10.3 Å². The summed E-state index contributed by atoms with van der Waals surface area (Å²) in [5.41, 5.74) is 6.66. The van der Waals surface area contributed by atoms with Gasteiger partial charge in [0.15, 0.2) is 0 Å². The summed E-state index contributed by atoms with van der Waals surface area (Å²) in [4.78, 5) is 13.6. The van der Waals surface area contributed by atoms with E-state index < -0.39 is 0 Å². The number of rotatable bonds is 2. The first kappa shape index (κ1) is 11.6. The van der Waals surface area contributed by atoms with Crippen LogP contribution >= 0.6 is 22.7 Å². The van der Waals surface area contributed by atoms with Crippen LogP contribution in [0.25, 0.3) is 0 Å². The molecule has 2 aromatic heterocycles. The van der Waals surface area contributed by atoms with E-state index in [2.05, 4.69) is 27.0 Å². The third-order valence-corrected chi connectivity index (χ3v) is 4.70. The van der Waals surface area contributed by atoms with Crippen LogP contribution in [0.3, 0.4) is 0 Å². The number of aryl methyl sites for hydroxylation is 1. The molecule has 0 aromatic carbocycles. The number of nitrogens with zero attached hydrogens (tertiary/aromatic N) is 2. The van der Waals surface area contributed by atoms with Crippen molar-refractivity contribution in [2.24, 2.45) is 0 Å². The summed E-state index contributed by atoms with van der Waals surface area (Å²) in [5, 5.41) is 13.2. The van der Waals surface area contributed by atoms with E-state index in [4.69, 9.17) is 5.73 Å². The summed E-state index contributed by atoms with van der Waals surface area (Å²) in [6, 6.07) is 2.05. The van der Waals surface area contributed by atoms with Crippen LogP contribution in [-0.2, 0) is 11.2 Å². The molecule has 7 heteroatoms. The molecule has 5 nitrogen and oxygen atoms in total. The number of nitrogens with two attached hydrogens (primary N) is 1. The normalized spacial score (nSPS) is 18.3. The quantitative estimate of drug-likeness (QED) is 0.884. The maximum Gasteiger partial charge on any atom is 0.233 e. The lowest BCUT2D eigenvalue weighted by molar-refractivity contribution is -0.117. The molecule has 1 amide bonds. The standard InChI is InChI=1S/C11H12N4OS2/c12-10-14-15-11(18-10)13-9(16)7-2-1-3-8-6(7)4-5-17-8/h4-5,7H,1-3H2,(H2,12,14)(H,13,15,16). The zero-order chi connectivity index (χ0) is 12.5. The number of thiophene rings is 1. The number of anilines is 2. The molecule has 0 radical (unpaired) electrons. The molecule has 1 aliphatic carbocycles. The number of aromatic nitrogens is 2. The van der Waals surface area contributed by atoms with Gasteiger partial charge in [0, 0.05) is 4.88 Å². The van der Waals surface area contributed by atoms with Gasteiger partial charge >= 0.3 is 0 Å². The first-order chi connectivity index (χ1) is 8.74. The molecule has 0 aliphatic heterocycles. The van der Waals surface area contributed by atoms with Crippen LogP contribution in [0.2, 0.25) is 0 Å². The van der Waals surface area contributed by atoms with Gasteiger partial charge < -0.3 is 5.73 Å². The molecule has 94 valence electrons. The monoisotopic (exact) mass is 280 g/mol. The summed E-state index contributed by atoms with van der Waals surface area (Å²) in [5.74, 6) is -0.0735. The van der Waals surface area contributed by atoms with Crippen LogP contribution in [-0.4, -0.2) is 16.1 Å². The van der Waals surface area contributed by atoms with Crippen molar-refractivity contribution in [3.63, 3.8) is 0 Å². The number of nitrogen functional groups attached to an aromatic ring is 1.